The van der Waals surface area contributed by atoms with Gasteiger partial charge in [-0.25, -0.2) is 0 Å². The first kappa shape index (κ1) is 16.7. The molecule has 0 saturated carbocycles. The largest absolute Gasteiger partial charge is 0.454 e. The van der Waals surface area contributed by atoms with Crippen LogP contribution in [-0.4, -0.2) is 55.2 Å². The van der Waals surface area contributed by atoms with Gasteiger partial charge in [-0.15, -0.1) is 0 Å². The molecule has 2 aliphatic rings. The zero-order valence-electron chi connectivity index (χ0n) is 14.7. The van der Waals surface area contributed by atoms with Crippen molar-refractivity contribution in [2.75, 3.05) is 45.3 Å². The number of amides is 1. The van der Waals surface area contributed by atoms with Crippen LogP contribution in [0.5, 0.6) is 11.5 Å². The number of rotatable bonds is 4. The molecule has 0 radical (unpaired) electrons. The molecule has 2 N–H and O–H groups in total. The van der Waals surface area contributed by atoms with Gasteiger partial charge in [-0.3, -0.25) is 9.69 Å². The van der Waals surface area contributed by atoms with Gasteiger partial charge in [0.05, 0.1) is 0 Å². The van der Waals surface area contributed by atoms with E-state index in [0.29, 0.717) is 18.0 Å². The van der Waals surface area contributed by atoms with Crippen LogP contribution in [-0.2, 0) is 6.42 Å². The highest BCUT2D eigenvalue weighted by Crippen LogP contribution is 2.32. The summed E-state index contributed by atoms with van der Waals surface area (Å²) in [6.07, 6.45) is 0.958. The highest BCUT2D eigenvalue weighted by molar-refractivity contribution is 5.95. The van der Waals surface area contributed by atoms with Crippen molar-refractivity contribution in [2.45, 2.75) is 6.42 Å². The number of carbonyl (C=O) groups excluding carboxylic acids is 1. The first-order valence-corrected chi connectivity index (χ1v) is 8.95. The zero-order valence-corrected chi connectivity index (χ0v) is 14.7. The molecule has 0 aliphatic carbocycles. The molecule has 2 aromatic carbocycles. The summed E-state index contributed by atoms with van der Waals surface area (Å²) < 4.78 is 10.8. The second-order valence-corrected chi connectivity index (χ2v) is 6.70. The zero-order chi connectivity index (χ0) is 17.9. The third kappa shape index (κ3) is 3.60. The predicted molar refractivity (Wildman–Crippen MR) is 99.5 cm³/mol. The fraction of sp³-hybridized carbons (Fsp3) is 0.350. The van der Waals surface area contributed by atoms with E-state index in [2.05, 4.69) is 17.0 Å². The number of anilines is 1. The van der Waals surface area contributed by atoms with E-state index in [1.807, 2.05) is 23.1 Å². The third-order valence-electron chi connectivity index (χ3n) is 4.95. The monoisotopic (exact) mass is 353 g/mol. The average molecular weight is 353 g/mol. The van der Waals surface area contributed by atoms with E-state index in [0.717, 1.165) is 50.6 Å². The summed E-state index contributed by atoms with van der Waals surface area (Å²) in [5.41, 5.74) is 8.31. The quantitative estimate of drug-likeness (QED) is 0.852. The van der Waals surface area contributed by atoms with Gasteiger partial charge in [0.15, 0.2) is 11.5 Å². The lowest BCUT2D eigenvalue weighted by molar-refractivity contribution is 0.0638. The summed E-state index contributed by atoms with van der Waals surface area (Å²) in [5, 5.41) is 0. The van der Waals surface area contributed by atoms with E-state index in [4.69, 9.17) is 15.2 Å². The topological polar surface area (TPSA) is 68.0 Å². The average Bonchev–Trinajstić information content (AvgIpc) is 3.14. The summed E-state index contributed by atoms with van der Waals surface area (Å²) in [6.45, 7) is 4.54. The second kappa shape index (κ2) is 7.25. The summed E-state index contributed by atoms with van der Waals surface area (Å²) in [7, 11) is 0. The molecule has 6 nitrogen and oxygen atoms in total. The van der Waals surface area contributed by atoms with Crippen molar-refractivity contribution >= 4 is 11.6 Å². The Kier molecular flexibility index (Phi) is 4.67. The Balaban J connectivity index is 1.28. The number of benzene rings is 2. The minimum Gasteiger partial charge on any atom is -0.454 e. The first-order valence-electron chi connectivity index (χ1n) is 8.95. The maximum Gasteiger partial charge on any atom is 0.254 e. The van der Waals surface area contributed by atoms with Crippen molar-refractivity contribution in [3.63, 3.8) is 0 Å². The van der Waals surface area contributed by atoms with Gasteiger partial charge in [0.1, 0.15) is 0 Å². The van der Waals surface area contributed by atoms with E-state index in [-0.39, 0.29) is 5.91 Å². The Hall–Kier alpha value is -2.73. The molecule has 2 aromatic rings. The van der Waals surface area contributed by atoms with Crippen molar-refractivity contribution in [1.82, 2.24) is 9.80 Å². The summed E-state index contributed by atoms with van der Waals surface area (Å²) in [4.78, 5) is 16.9. The summed E-state index contributed by atoms with van der Waals surface area (Å²) in [5.74, 6) is 1.72. The van der Waals surface area contributed by atoms with Crippen LogP contribution in [0.25, 0.3) is 0 Å². The number of ether oxygens (including phenoxy) is 2. The number of piperazine rings is 1. The van der Waals surface area contributed by atoms with E-state index < -0.39 is 0 Å². The van der Waals surface area contributed by atoms with Crippen molar-refractivity contribution in [3.05, 3.63) is 53.6 Å². The minimum absolute atomic E-state index is 0.0627. The number of carbonyl (C=O) groups is 1. The Morgan fingerprint density at radius 3 is 2.62 bits per heavy atom. The number of nitrogens with two attached hydrogens (primary N) is 1. The van der Waals surface area contributed by atoms with E-state index >= 15 is 0 Å². The van der Waals surface area contributed by atoms with E-state index in [1.54, 1.807) is 12.1 Å². The van der Waals surface area contributed by atoms with Gasteiger partial charge in [-0.1, -0.05) is 12.1 Å². The normalized spacial score (nSPS) is 16.7. The molecular formula is C20H23N3O3. The second-order valence-electron chi connectivity index (χ2n) is 6.70. The standard InChI is InChI=1S/C20H23N3O3/c21-17-3-1-2-16(13-17)20(24)23-10-8-22(9-11-23)7-6-15-4-5-18-19(12-15)26-14-25-18/h1-5,12-13H,6-11,14,21H2. The van der Waals surface area contributed by atoms with Gasteiger partial charge in [-0.05, 0) is 42.3 Å². The van der Waals surface area contributed by atoms with Crippen LogP contribution in [0.1, 0.15) is 15.9 Å². The Morgan fingerprint density at radius 1 is 1.00 bits per heavy atom. The summed E-state index contributed by atoms with van der Waals surface area (Å²) >= 11 is 0. The highest BCUT2D eigenvalue weighted by Gasteiger charge is 2.22. The maximum absolute atomic E-state index is 12.6. The van der Waals surface area contributed by atoms with Crippen molar-refractivity contribution < 1.29 is 14.3 Å². The highest BCUT2D eigenvalue weighted by atomic mass is 16.7. The van der Waals surface area contributed by atoms with Gasteiger partial charge >= 0.3 is 0 Å². The fourth-order valence-corrected chi connectivity index (χ4v) is 3.41. The lowest BCUT2D eigenvalue weighted by Crippen LogP contribution is -2.49. The van der Waals surface area contributed by atoms with Gasteiger partial charge in [0, 0.05) is 44.0 Å². The smallest absolute Gasteiger partial charge is 0.254 e. The van der Waals surface area contributed by atoms with Crippen molar-refractivity contribution in [1.29, 1.82) is 0 Å². The molecule has 4 rings (SSSR count). The molecule has 1 saturated heterocycles. The molecule has 26 heavy (non-hydrogen) atoms. The third-order valence-corrected chi connectivity index (χ3v) is 4.95. The van der Waals surface area contributed by atoms with Crippen molar-refractivity contribution in [3.8, 4) is 11.5 Å². The van der Waals surface area contributed by atoms with Crippen LogP contribution >= 0.6 is 0 Å². The molecule has 1 amide bonds. The molecule has 1 fully saturated rings. The van der Waals surface area contributed by atoms with Crippen LogP contribution in [0.3, 0.4) is 0 Å². The van der Waals surface area contributed by atoms with Gasteiger partial charge in [0.2, 0.25) is 6.79 Å². The Morgan fingerprint density at radius 2 is 1.81 bits per heavy atom. The number of nitrogens with zero attached hydrogens (tertiary/aromatic N) is 2. The molecule has 136 valence electrons. The molecule has 6 heteroatoms. The molecule has 0 unspecified atom stereocenters. The number of nitrogen functional groups attached to an aromatic ring is 1. The molecular weight excluding hydrogens is 330 g/mol. The summed E-state index contributed by atoms with van der Waals surface area (Å²) in [6, 6.07) is 13.3. The number of hydrogen-bond acceptors (Lipinski definition) is 5. The molecule has 2 heterocycles. The SMILES string of the molecule is Nc1cccc(C(=O)N2CCN(CCc3ccc4c(c3)OCO4)CC2)c1. The number of fused-ring (bicyclic) bond motifs is 1. The molecule has 0 atom stereocenters. The van der Waals surface area contributed by atoms with Crippen LogP contribution in [0.15, 0.2) is 42.5 Å². The molecule has 0 spiro atoms. The molecule has 0 bridgehead atoms. The maximum atomic E-state index is 12.6. The van der Waals surface area contributed by atoms with Crippen LogP contribution < -0.4 is 15.2 Å². The fourth-order valence-electron chi connectivity index (χ4n) is 3.41. The number of hydrogen-bond donors (Lipinski definition) is 1. The van der Waals surface area contributed by atoms with Crippen LogP contribution in [0.4, 0.5) is 5.69 Å². The molecule has 0 aromatic heterocycles. The molecule has 2 aliphatic heterocycles. The predicted octanol–water partition coefficient (Wildman–Crippen LogP) is 2.00. The van der Waals surface area contributed by atoms with Crippen LogP contribution in [0.2, 0.25) is 0 Å². The minimum atomic E-state index is 0.0627. The van der Waals surface area contributed by atoms with Gasteiger partial charge < -0.3 is 20.1 Å². The first-order chi connectivity index (χ1) is 12.7. The van der Waals surface area contributed by atoms with Crippen molar-refractivity contribution in [2.24, 2.45) is 0 Å². The Bertz CT molecular complexity index is 801. The van der Waals surface area contributed by atoms with Crippen LogP contribution in [0, 0.1) is 0 Å². The van der Waals surface area contributed by atoms with Gasteiger partial charge in [-0.2, -0.15) is 0 Å². The van der Waals surface area contributed by atoms with E-state index in [1.165, 1.54) is 5.56 Å². The Labute approximate surface area is 153 Å². The van der Waals surface area contributed by atoms with Gasteiger partial charge in [0.25, 0.3) is 5.91 Å². The lowest BCUT2D eigenvalue weighted by atomic mass is 10.1. The lowest BCUT2D eigenvalue weighted by Gasteiger charge is -2.34. The van der Waals surface area contributed by atoms with E-state index in [9.17, 15) is 4.79 Å².